The van der Waals surface area contributed by atoms with Crippen LogP contribution in [-0.4, -0.2) is 109 Å². The molecular formula is C103H94Br4N12O22. The molecule has 0 unspecified atom stereocenters. The van der Waals surface area contributed by atoms with Crippen molar-refractivity contribution < 1.29 is 89.4 Å². The highest BCUT2D eigenvalue weighted by Gasteiger charge is 2.24. The van der Waals surface area contributed by atoms with E-state index in [-0.39, 0.29) is 113 Å². The second-order valence-corrected chi connectivity index (χ2v) is 33.3. The largest absolute Gasteiger partial charge is 0.507 e. The monoisotopic (exact) mass is 2170 g/mol. The number of methoxy groups -OCH3 is 2. The third kappa shape index (κ3) is 29.0. The molecule has 15 aromatic rings. The summed E-state index contributed by atoms with van der Waals surface area (Å²) < 4.78 is 13.2. The minimum absolute atomic E-state index is 0. The second-order valence-electron chi connectivity index (χ2n) is 30.8. The number of nitrogens with one attached hydrogen (secondary N) is 2. The summed E-state index contributed by atoms with van der Waals surface area (Å²) in [5.74, 6) is 1.31. The number of fused-ring (bicyclic) bond motifs is 3. The van der Waals surface area contributed by atoms with E-state index < -0.39 is 38.6 Å². The number of halogens is 4. The summed E-state index contributed by atoms with van der Waals surface area (Å²) in [6, 6.07) is 79.4. The number of aromatic hydroxyl groups is 5. The number of aromatic amines is 1. The van der Waals surface area contributed by atoms with Crippen molar-refractivity contribution in [2.75, 3.05) is 36.8 Å². The Labute approximate surface area is 841 Å². The smallest absolute Gasteiger partial charge is 0.335 e. The van der Waals surface area contributed by atoms with Gasteiger partial charge in [0.15, 0.2) is 11.4 Å². The van der Waals surface area contributed by atoms with Gasteiger partial charge in [-0.2, -0.15) is 0 Å². The Kier molecular flexibility index (Phi) is 39.5. The van der Waals surface area contributed by atoms with Gasteiger partial charge in [-0.25, -0.2) is 23.9 Å². The zero-order valence-electron chi connectivity index (χ0n) is 75.4. The number of hydrogen-bond acceptors (Lipinski definition) is 25. The maximum atomic E-state index is 13.0. The van der Waals surface area contributed by atoms with E-state index in [4.69, 9.17) is 63.2 Å². The zero-order chi connectivity index (χ0) is 102. The highest BCUT2D eigenvalue weighted by atomic mass is 79.9. The van der Waals surface area contributed by atoms with Crippen LogP contribution in [0.2, 0.25) is 0 Å². The number of azo groups is 1. The molecule has 3 aliphatic carbocycles. The lowest BCUT2D eigenvalue weighted by Crippen LogP contribution is -2.14. The van der Waals surface area contributed by atoms with Gasteiger partial charge in [0.25, 0.3) is 5.56 Å². The Morgan fingerprint density at radius 3 is 1.22 bits per heavy atom. The average Bonchev–Trinajstić information content (AvgIpc) is 1.71. The maximum absolute atomic E-state index is 13.0. The van der Waals surface area contributed by atoms with E-state index in [2.05, 4.69) is 98.9 Å². The van der Waals surface area contributed by atoms with Crippen molar-refractivity contribution in [2.45, 2.75) is 64.7 Å². The normalized spacial score (nSPS) is 11.3. The SMILES string of the molecule is Br.COc1c(-c2cccc(C(=O)O)c2)cccc1[N+](=O)[O-].COc1c(N)cccc1-c1cccc(C(=O)O)c1.Cc1[nH]n(-c2ccc3c(c2)CCC3)c(=O)c1N=Nc1cccc(-c2cccc(C(=O)O)c2)c1O.NNc1ccc2c(c1)CCC2.Nc1ccc2c(c1)CCC2.Nc1cccc(-c2cccc(C(=O)O)c2)c1O.O=[N+]([O-])c1cccc(Br)c1O.O=[N+]([O-])c1cccc(Br)c1O.Oc1ccccc1Br. The van der Waals surface area contributed by atoms with Crippen LogP contribution in [0.3, 0.4) is 0 Å². The van der Waals surface area contributed by atoms with Crippen molar-refractivity contribution in [3.05, 3.63) is 401 Å². The van der Waals surface area contributed by atoms with E-state index in [1.54, 1.807) is 134 Å². The first-order chi connectivity index (χ1) is 67.0. The molecule has 18 rings (SSSR count). The molecule has 34 nitrogen and oxygen atoms in total. The van der Waals surface area contributed by atoms with Crippen molar-refractivity contribution in [1.82, 2.24) is 9.78 Å². The molecule has 0 aliphatic heterocycles. The number of nitrogens with zero attached hydrogens (tertiary/aromatic N) is 6. The fraction of sp³-hybridized carbons (Fsp3) is 0.117. The number of carboxylic acid groups (broad SMARTS) is 4. The molecule has 0 bridgehead atoms. The van der Waals surface area contributed by atoms with Gasteiger partial charge >= 0.3 is 40.9 Å². The van der Waals surface area contributed by atoms with Crippen LogP contribution in [0.1, 0.15) is 99.8 Å². The number of hydrogen-bond donors (Lipinski definition) is 15. The summed E-state index contributed by atoms with van der Waals surface area (Å²) in [7, 11) is 2.88. The van der Waals surface area contributed by atoms with Crippen LogP contribution in [0.4, 0.5) is 51.2 Å². The van der Waals surface area contributed by atoms with Crippen molar-refractivity contribution >= 4 is 140 Å². The second kappa shape index (κ2) is 51.6. The third-order valence-electron chi connectivity index (χ3n) is 21.6. The minimum Gasteiger partial charge on any atom is -0.507 e. The summed E-state index contributed by atoms with van der Waals surface area (Å²) in [6.07, 6.45) is 10.7. The first-order valence-electron chi connectivity index (χ1n) is 42.5. The number of rotatable bonds is 17. The number of carbonyl (C=O) groups is 4. The van der Waals surface area contributed by atoms with Gasteiger partial charge in [0.2, 0.25) is 17.2 Å². The quantitative estimate of drug-likeness (QED) is 0.0101. The Morgan fingerprint density at radius 2 is 0.780 bits per heavy atom. The number of para-hydroxylation sites is 7. The molecule has 0 saturated heterocycles. The summed E-state index contributed by atoms with van der Waals surface area (Å²) in [5, 5.41) is 126. The first-order valence-corrected chi connectivity index (χ1v) is 44.9. The van der Waals surface area contributed by atoms with Gasteiger partial charge < -0.3 is 78.1 Å². The number of phenols is 5. The molecule has 38 heteroatoms. The van der Waals surface area contributed by atoms with Crippen LogP contribution >= 0.6 is 64.8 Å². The Hall–Kier alpha value is -16.6. The van der Waals surface area contributed by atoms with Gasteiger partial charge in [0, 0.05) is 51.8 Å². The number of nitro groups is 3. The number of aryl methyl sites for hydroxylation is 7. The summed E-state index contributed by atoms with van der Waals surface area (Å²) in [6.45, 7) is 1.74. The molecule has 0 amide bonds. The first kappa shape index (κ1) is 108. The van der Waals surface area contributed by atoms with Gasteiger partial charge in [-0.05, 0) is 296 Å². The number of anilines is 4. The standard InChI is InChI=1S/C26H22N4O4.C14H11NO5.C14H13NO3.C13H11NO3.C9H12N2.C9H11N.2C6H4BrNO3.C6H5BrO.BrH/c1-15-23(25(32)30(29-15)20-12-11-16-5-2-6-17(16)14-20)28-27-22-10-4-9-21(24(22)31)18-7-3-8-19(13-18)26(33)34;1-20-13-11(6-3-7-12(13)15(18)19)9-4-2-5-10(8-9)14(16)17;1-18-13-11(6-3-7-12(13)15)9-4-2-5-10(8-9)14(16)17;14-11-6-2-5-10(12(11)15)8-3-1-4-9(7-8)13(16)17;10-11-9-5-4-7-2-1-3-8(7)6-9;10-9-5-4-7-2-1-3-8(7)6-9;2*7-4-2-1-3-5(6(4)9)8(10)11;7-5-3-1-2-4-6(5)8;/h3-4,7-14,29,31H,2,5-6H2,1H3,(H,33,34);2-8H,1H3,(H,16,17);2-8H,15H2,1H3,(H,16,17);1-7,15H,14H2,(H,16,17);4-6,11H,1-3,10H2;4-6H,1-3,10H2;2*1-3,9H;1-4,8H;1H. The molecule has 3 aliphatic rings. The minimum atomic E-state index is -1.06. The lowest BCUT2D eigenvalue weighted by molar-refractivity contribution is -0.386. The van der Waals surface area contributed by atoms with E-state index in [1.165, 1.54) is 176 Å². The number of nitro benzene ring substituents is 3. The lowest BCUT2D eigenvalue weighted by atomic mass is 10.0. The van der Waals surface area contributed by atoms with Gasteiger partial charge in [0.1, 0.15) is 22.9 Å². The molecule has 1 heterocycles. The Bertz CT molecular complexity index is 7100. The zero-order valence-corrected chi connectivity index (χ0v) is 81.8. The number of benzene rings is 14. The summed E-state index contributed by atoms with van der Waals surface area (Å²) >= 11 is 9.06. The van der Waals surface area contributed by atoms with Gasteiger partial charge in [-0.3, -0.25) is 46.1 Å². The fourth-order valence-electron chi connectivity index (χ4n) is 14.7. The van der Waals surface area contributed by atoms with Crippen LogP contribution in [0.15, 0.2) is 314 Å². The molecule has 14 aromatic carbocycles. The maximum Gasteiger partial charge on any atom is 0.335 e. The van der Waals surface area contributed by atoms with E-state index >= 15 is 0 Å². The molecule has 0 fully saturated rings. The van der Waals surface area contributed by atoms with Crippen LogP contribution in [0, 0.1) is 37.3 Å². The highest BCUT2D eigenvalue weighted by Crippen LogP contribution is 2.43. The number of nitrogen functional groups attached to an aromatic ring is 4. The highest BCUT2D eigenvalue weighted by molar-refractivity contribution is 9.11. The van der Waals surface area contributed by atoms with Crippen LogP contribution in [-0.2, 0) is 38.5 Å². The molecule has 1 aromatic heterocycles. The molecule has 141 heavy (non-hydrogen) atoms. The molecule has 0 spiro atoms. The van der Waals surface area contributed by atoms with Crippen molar-refractivity contribution in [3.63, 3.8) is 0 Å². The van der Waals surface area contributed by atoms with Crippen molar-refractivity contribution in [3.8, 4) is 90.4 Å². The van der Waals surface area contributed by atoms with Gasteiger partial charge in [0.05, 0.1) is 87.4 Å². The van der Waals surface area contributed by atoms with Crippen LogP contribution < -0.4 is 43.5 Å². The van der Waals surface area contributed by atoms with E-state index in [0.29, 0.717) is 59.5 Å². The van der Waals surface area contributed by atoms with E-state index in [1.807, 2.05) is 42.5 Å². The van der Waals surface area contributed by atoms with Crippen LogP contribution in [0.5, 0.6) is 40.2 Å². The molecule has 0 saturated carbocycles. The van der Waals surface area contributed by atoms with Crippen molar-refractivity contribution in [2.24, 2.45) is 16.1 Å². The number of hydrazine groups is 1. The number of aromatic nitrogens is 2. The lowest BCUT2D eigenvalue weighted by Gasteiger charge is -2.11. The van der Waals surface area contributed by atoms with E-state index in [9.17, 15) is 69.6 Å². The van der Waals surface area contributed by atoms with Crippen molar-refractivity contribution in [1.29, 1.82) is 0 Å². The number of ether oxygens (including phenoxy) is 2. The number of carboxylic acids is 4. The number of nitrogens with two attached hydrogens (primary N) is 4. The van der Waals surface area contributed by atoms with E-state index in [0.717, 1.165) is 51.9 Å². The Balaban J connectivity index is 0.000000184. The molecule has 726 valence electrons. The molecule has 0 atom stereocenters. The third-order valence-corrected chi connectivity index (χ3v) is 23.6. The predicted molar refractivity (Wildman–Crippen MR) is 555 cm³/mol. The van der Waals surface area contributed by atoms with Gasteiger partial charge in [-0.15, -0.1) is 27.2 Å². The Morgan fingerprint density at radius 1 is 0.404 bits per heavy atom. The predicted octanol–water partition coefficient (Wildman–Crippen LogP) is 23.5. The van der Waals surface area contributed by atoms with Gasteiger partial charge in [-0.1, -0.05) is 140 Å². The number of phenolic OH excluding ortho intramolecular Hbond substituents is 5. The topological polar surface area (TPSA) is 577 Å². The molecule has 0 radical (unpaired) electrons. The molecular weight excluding hydrogens is 2080 g/mol. The molecule has 19 N–H and O–H groups in total. The summed E-state index contributed by atoms with van der Waals surface area (Å²) in [4.78, 5) is 86.7. The average molecular weight is 2170 g/mol. The number of H-pyrrole nitrogens is 1. The fourth-order valence-corrected chi connectivity index (χ4v) is 15.7. The van der Waals surface area contributed by atoms with Crippen LogP contribution in [0.25, 0.3) is 50.2 Å². The summed E-state index contributed by atoms with van der Waals surface area (Å²) in [5.41, 5.74) is 36.7. The number of aromatic carboxylic acids is 4.